The van der Waals surface area contributed by atoms with E-state index in [2.05, 4.69) is 5.32 Å². The Bertz CT molecular complexity index is 877. The minimum Gasteiger partial charge on any atom is -0.508 e. The number of nitrogens with one attached hydrogen (secondary N) is 1. The molecule has 0 aromatic heterocycles. The molecule has 0 bridgehead atoms. The standard InChI is InChI=1S/C19H22N2O4S/c1-14-4-2-3-13-21(14)26(24,25)18-11-5-15(6-12-18)19(23)20-16-7-9-17(22)10-8-16/h5-12,14,22H,2-4,13H2,1H3,(H,20,23)/t14-/m1/s1. The number of rotatable bonds is 4. The van der Waals surface area contributed by atoms with Gasteiger partial charge in [0.1, 0.15) is 5.75 Å². The molecule has 6 nitrogen and oxygen atoms in total. The number of nitrogens with zero attached hydrogens (tertiary/aromatic N) is 1. The monoisotopic (exact) mass is 374 g/mol. The van der Waals surface area contributed by atoms with Crippen molar-refractivity contribution in [1.29, 1.82) is 0 Å². The summed E-state index contributed by atoms with van der Waals surface area (Å²) in [5.41, 5.74) is 0.912. The number of aromatic hydroxyl groups is 1. The molecule has 0 aliphatic carbocycles. The van der Waals surface area contributed by atoms with E-state index in [1.165, 1.54) is 36.4 Å². The molecule has 1 atom stereocenters. The largest absolute Gasteiger partial charge is 0.508 e. The highest BCUT2D eigenvalue weighted by atomic mass is 32.2. The minimum absolute atomic E-state index is 0.00813. The molecule has 1 heterocycles. The first-order valence-electron chi connectivity index (χ1n) is 8.60. The van der Waals surface area contributed by atoms with Gasteiger partial charge in [-0.3, -0.25) is 4.79 Å². The van der Waals surface area contributed by atoms with E-state index < -0.39 is 10.0 Å². The van der Waals surface area contributed by atoms with E-state index in [1.54, 1.807) is 16.4 Å². The van der Waals surface area contributed by atoms with Gasteiger partial charge in [0.05, 0.1) is 4.90 Å². The van der Waals surface area contributed by atoms with Crippen molar-refractivity contribution in [3.8, 4) is 5.75 Å². The third-order valence-electron chi connectivity index (χ3n) is 4.59. The van der Waals surface area contributed by atoms with Gasteiger partial charge in [-0.05, 0) is 68.3 Å². The van der Waals surface area contributed by atoms with Gasteiger partial charge in [0.25, 0.3) is 5.91 Å². The maximum atomic E-state index is 12.8. The van der Waals surface area contributed by atoms with Crippen LogP contribution in [0.4, 0.5) is 5.69 Å². The molecule has 1 amide bonds. The van der Waals surface area contributed by atoms with Crippen LogP contribution >= 0.6 is 0 Å². The molecule has 3 rings (SSSR count). The van der Waals surface area contributed by atoms with Crippen LogP contribution in [0.15, 0.2) is 53.4 Å². The molecule has 0 radical (unpaired) electrons. The van der Waals surface area contributed by atoms with E-state index >= 15 is 0 Å². The highest BCUT2D eigenvalue weighted by molar-refractivity contribution is 7.89. The average Bonchev–Trinajstić information content (AvgIpc) is 2.64. The topological polar surface area (TPSA) is 86.7 Å². The maximum Gasteiger partial charge on any atom is 0.255 e. The molecule has 1 fully saturated rings. The predicted octanol–water partition coefficient (Wildman–Crippen LogP) is 3.21. The van der Waals surface area contributed by atoms with Gasteiger partial charge in [0, 0.05) is 23.8 Å². The molecular formula is C19H22N2O4S. The summed E-state index contributed by atoms with van der Waals surface area (Å²) in [6.45, 7) is 2.46. The van der Waals surface area contributed by atoms with Gasteiger partial charge in [-0.25, -0.2) is 8.42 Å². The lowest BCUT2D eigenvalue weighted by Crippen LogP contribution is -2.41. The Hall–Kier alpha value is -2.38. The fourth-order valence-corrected chi connectivity index (χ4v) is 4.79. The van der Waals surface area contributed by atoms with Crippen LogP contribution in [0.2, 0.25) is 0 Å². The summed E-state index contributed by atoms with van der Waals surface area (Å²) in [7, 11) is -3.54. The zero-order valence-corrected chi connectivity index (χ0v) is 15.4. The van der Waals surface area contributed by atoms with Gasteiger partial charge in [-0.15, -0.1) is 0 Å². The van der Waals surface area contributed by atoms with Crippen molar-refractivity contribution in [2.45, 2.75) is 37.1 Å². The highest BCUT2D eigenvalue weighted by Crippen LogP contribution is 2.25. The molecule has 2 aromatic carbocycles. The minimum atomic E-state index is -3.54. The van der Waals surface area contributed by atoms with Gasteiger partial charge in [0.2, 0.25) is 10.0 Å². The van der Waals surface area contributed by atoms with Crippen molar-refractivity contribution in [1.82, 2.24) is 4.31 Å². The zero-order valence-electron chi connectivity index (χ0n) is 14.6. The molecule has 2 N–H and O–H groups in total. The van der Waals surface area contributed by atoms with E-state index in [1.807, 2.05) is 6.92 Å². The predicted molar refractivity (Wildman–Crippen MR) is 99.7 cm³/mol. The number of benzene rings is 2. The number of phenolic OH excluding ortho intramolecular Hbond substituents is 1. The van der Waals surface area contributed by atoms with E-state index in [4.69, 9.17) is 0 Å². The van der Waals surface area contributed by atoms with Gasteiger partial charge in [-0.2, -0.15) is 4.31 Å². The fourth-order valence-electron chi connectivity index (χ4n) is 3.09. The molecular weight excluding hydrogens is 352 g/mol. The van der Waals surface area contributed by atoms with Crippen LogP contribution in [0.25, 0.3) is 0 Å². The summed E-state index contributed by atoms with van der Waals surface area (Å²) in [4.78, 5) is 12.5. The third kappa shape index (κ3) is 3.89. The first kappa shape index (κ1) is 18.4. The Labute approximate surface area is 153 Å². The van der Waals surface area contributed by atoms with Crippen LogP contribution in [0.3, 0.4) is 0 Å². The smallest absolute Gasteiger partial charge is 0.255 e. The van der Waals surface area contributed by atoms with Crippen LogP contribution in [0.5, 0.6) is 5.75 Å². The number of carbonyl (C=O) groups is 1. The Morgan fingerprint density at radius 2 is 1.73 bits per heavy atom. The lowest BCUT2D eigenvalue weighted by molar-refractivity contribution is 0.102. The number of phenols is 1. The number of carbonyl (C=O) groups excluding carboxylic acids is 1. The molecule has 1 saturated heterocycles. The molecule has 1 aliphatic heterocycles. The van der Waals surface area contributed by atoms with E-state index in [9.17, 15) is 18.3 Å². The first-order valence-corrected chi connectivity index (χ1v) is 10.0. The van der Waals surface area contributed by atoms with Crippen molar-refractivity contribution in [2.24, 2.45) is 0 Å². The van der Waals surface area contributed by atoms with Crippen LogP contribution in [-0.4, -0.2) is 36.3 Å². The molecule has 26 heavy (non-hydrogen) atoms. The zero-order chi connectivity index (χ0) is 18.7. The lowest BCUT2D eigenvalue weighted by atomic mass is 10.1. The molecule has 0 spiro atoms. The summed E-state index contributed by atoms with van der Waals surface area (Å²) in [5, 5.41) is 12.0. The Kier molecular flexibility index (Phi) is 5.29. The van der Waals surface area contributed by atoms with Crippen molar-refractivity contribution >= 4 is 21.6 Å². The number of amides is 1. The summed E-state index contributed by atoms with van der Waals surface area (Å²) >= 11 is 0. The second kappa shape index (κ2) is 7.47. The number of hydrogen-bond donors (Lipinski definition) is 2. The molecule has 2 aromatic rings. The molecule has 138 valence electrons. The average molecular weight is 374 g/mol. The maximum absolute atomic E-state index is 12.8. The second-order valence-electron chi connectivity index (χ2n) is 6.49. The van der Waals surface area contributed by atoms with Gasteiger partial charge in [0.15, 0.2) is 0 Å². The normalized spacial score (nSPS) is 18.4. The number of sulfonamides is 1. The highest BCUT2D eigenvalue weighted by Gasteiger charge is 2.30. The summed E-state index contributed by atoms with van der Waals surface area (Å²) in [6.07, 6.45) is 2.78. The van der Waals surface area contributed by atoms with Crippen LogP contribution in [0.1, 0.15) is 36.5 Å². The van der Waals surface area contributed by atoms with Gasteiger partial charge >= 0.3 is 0 Å². The van der Waals surface area contributed by atoms with Crippen molar-refractivity contribution in [3.63, 3.8) is 0 Å². The van der Waals surface area contributed by atoms with Crippen molar-refractivity contribution in [3.05, 3.63) is 54.1 Å². The molecule has 1 aliphatic rings. The molecule has 0 unspecified atom stereocenters. The van der Waals surface area contributed by atoms with Gasteiger partial charge < -0.3 is 10.4 Å². The summed E-state index contributed by atoms with van der Waals surface area (Å²) in [6, 6.07) is 12.1. The van der Waals surface area contributed by atoms with Crippen LogP contribution < -0.4 is 5.32 Å². The SMILES string of the molecule is C[C@@H]1CCCCN1S(=O)(=O)c1ccc(C(=O)Nc2ccc(O)cc2)cc1. The second-order valence-corrected chi connectivity index (χ2v) is 8.38. The Balaban J connectivity index is 1.75. The van der Waals surface area contributed by atoms with Crippen LogP contribution in [0, 0.1) is 0 Å². The number of hydrogen-bond acceptors (Lipinski definition) is 4. The van der Waals surface area contributed by atoms with Crippen LogP contribution in [-0.2, 0) is 10.0 Å². The quantitative estimate of drug-likeness (QED) is 0.805. The van der Waals surface area contributed by atoms with Crippen molar-refractivity contribution in [2.75, 3.05) is 11.9 Å². The number of piperidine rings is 1. The van der Waals surface area contributed by atoms with E-state index in [0.29, 0.717) is 17.8 Å². The van der Waals surface area contributed by atoms with E-state index in [0.717, 1.165) is 19.3 Å². The number of anilines is 1. The molecule has 7 heteroatoms. The van der Waals surface area contributed by atoms with Gasteiger partial charge in [-0.1, -0.05) is 6.42 Å². The molecule has 0 saturated carbocycles. The van der Waals surface area contributed by atoms with E-state index in [-0.39, 0.29) is 22.6 Å². The Morgan fingerprint density at radius 3 is 2.35 bits per heavy atom. The first-order chi connectivity index (χ1) is 12.4. The summed E-state index contributed by atoms with van der Waals surface area (Å²) < 4.78 is 27.2. The van der Waals surface area contributed by atoms with Crippen molar-refractivity contribution < 1.29 is 18.3 Å². The third-order valence-corrected chi connectivity index (χ3v) is 6.62. The fraction of sp³-hybridized carbons (Fsp3) is 0.316. The lowest BCUT2D eigenvalue weighted by Gasteiger charge is -2.32. The Morgan fingerprint density at radius 1 is 1.08 bits per heavy atom. The summed E-state index contributed by atoms with van der Waals surface area (Å²) in [5.74, 6) is -0.226.